The molecule has 7 nitrogen and oxygen atoms in total. The number of anilines is 2. The van der Waals surface area contributed by atoms with Gasteiger partial charge in [-0.1, -0.05) is 29.8 Å². The maximum atomic E-state index is 15.0. The molecule has 5 rings (SSSR count). The molecule has 3 aromatic carbocycles. The van der Waals surface area contributed by atoms with Crippen LogP contribution >= 0.6 is 11.6 Å². The van der Waals surface area contributed by atoms with Gasteiger partial charge in [-0.15, -0.1) is 0 Å². The number of sulfonamides is 1. The van der Waals surface area contributed by atoms with E-state index in [1.807, 2.05) is 0 Å². The Morgan fingerprint density at radius 1 is 0.973 bits per heavy atom. The summed E-state index contributed by atoms with van der Waals surface area (Å²) in [5, 5.41) is 3.96. The van der Waals surface area contributed by atoms with E-state index in [2.05, 4.69) is 20.0 Å². The maximum Gasteiger partial charge on any atom is 0.263 e. The average molecular weight is 544 g/mol. The van der Waals surface area contributed by atoms with Crippen molar-refractivity contribution in [2.75, 3.05) is 10.0 Å². The van der Waals surface area contributed by atoms with Crippen molar-refractivity contribution in [1.29, 1.82) is 0 Å². The molecule has 1 fully saturated rings. The molecule has 4 N–H and O–H groups in total. The van der Waals surface area contributed by atoms with Gasteiger partial charge < -0.3 is 11.1 Å². The fourth-order valence-electron chi connectivity index (χ4n) is 4.43. The molecule has 0 amide bonds. The molecular formula is C26H24ClF2N5O2S. The van der Waals surface area contributed by atoms with Crippen LogP contribution in [0.1, 0.15) is 25.7 Å². The molecule has 0 unspecified atom stereocenters. The monoisotopic (exact) mass is 543 g/mol. The Bertz CT molecular complexity index is 1580. The van der Waals surface area contributed by atoms with E-state index in [1.165, 1.54) is 18.2 Å². The summed E-state index contributed by atoms with van der Waals surface area (Å²) in [5.74, 6) is -1.23. The lowest BCUT2D eigenvalue weighted by Crippen LogP contribution is -2.33. The molecule has 0 atom stereocenters. The SMILES string of the molecule is NC1CCC(Nc2ncc3cc(-c4cc(F)c(NS(=O)(=O)c5ccccc5Cl)cc4F)ccc3n2)CC1. The summed E-state index contributed by atoms with van der Waals surface area (Å²) in [6, 6.07) is 13.0. The van der Waals surface area contributed by atoms with Gasteiger partial charge in [0.1, 0.15) is 16.5 Å². The van der Waals surface area contributed by atoms with Gasteiger partial charge in [-0.05, 0) is 61.6 Å². The van der Waals surface area contributed by atoms with Crippen LogP contribution in [0.5, 0.6) is 0 Å². The summed E-state index contributed by atoms with van der Waals surface area (Å²) >= 11 is 5.96. The number of nitrogens with one attached hydrogen (secondary N) is 2. The highest BCUT2D eigenvalue weighted by molar-refractivity contribution is 7.92. The average Bonchev–Trinajstić information content (AvgIpc) is 2.87. The highest BCUT2D eigenvalue weighted by Crippen LogP contribution is 2.32. The number of halogens is 3. The third-order valence-electron chi connectivity index (χ3n) is 6.42. The molecule has 0 aliphatic heterocycles. The number of rotatable bonds is 6. The molecule has 0 saturated heterocycles. The van der Waals surface area contributed by atoms with Crippen LogP contribution in [0.4, 0.5) is 20.4 Å². The zero-order valence-electron chi connectivity index (χ0n) is 19.6. The fourth-order valence-corrected chi connectivity index (χ4v) is 6.00. The van der Waals surface area contributed by atoms with Gasteiger partial charge in [0.2, 0.25) is 5.95 Å². The van der Waals surface area contributed by atoms with Crippen LogP contribution in [0, 0.1) is 11.6 Å². The number of aromatic nitrogens is 2. The lowest BCUT2D eigenvalue weighted by atomic mass is 9.92. The first-order chi connectivity index (χ1) is 17.7. The lowest BCUT2D eigenvalue weighted by Gasteiger charge is -2.26. The first kappa shape index (κ1) is 25.3. The zero-order chi connectivity index (χ0) is 26.2. The molecular weight excluding hydrogens is 520 g/mol. The van der Waals surface area contributed by atoms with Crippen LogP contribution in [0.2, 0.25) is 5.02 Å². The second-order valence-electron chi connectivity index (χ2n) is 9.07. The summed E-state index contributed by atoms with van der Waals surface area (Å²) < 4.78 is 57.3. The number of nitrogens with zero attached hydrogens (tertiary/aromatic N) is 2. The third kappa shape index (κ3) is 5.51. The molecule has 1 aromatic heterocycles. The molecule has 1 aliphatic rings. The molecule has 1 saturated carbocycles. The summed E-state index contributed by atoms with van der Waals surface area (Å²) in [4.78, 5) is 8.68. The van der Waals surface area contributed by atoms with Crippen LogP contribution in [0.15, 0.2) is 65.7 Å². The predicted molar refractivity (Wildman–Crippen MR) is 141 cm³/mol. The molecule has 192 valence electrons. The number of benzene rings is 3. The molecule has 4 aromatic rings. The largest absolute Gasteiger partial charge is 0.351 e. The minimum absolute atomic E-state index is 0.0270. The third-order valence-corrected chi connectivity index (χ3v) is 8.29. The van der Waals surface area contributed by atoms with E-state index in [4.69, 9.17) is 17.3 Å². The molecule has 11 heteroatoms. The van der Waals surface area contributed by atoms with E-state index in [0.29, 0.717) is 22.4 Å². The second kappa shape index (κ2) is 10.2. The summed E-state index contributed by atoms with van der Waals surface area (Å²) in [6.07, 6.45) is 5.45. The van der Waals surface area contributed by atoms with Crippen molar-refractivity contribution in [3.8, 4) is 11.1 Å². The molecule has 37 heavy (non-hydrogen) atoms. The number of fused-ring (bicyclic) bond motifs is 1. The molecule has 0 radical (unpaired) electrons. The van der Waals surface area contributed by atoms with Crippen molar-refractivity contribution in [1.82, 2.24) is 9.97 Å². The van der Waals surface area contributed by atoms with Gasteiger partial charge in [0.05, 0.1) is 16.2 Å². The Labute approximate surface area is 218 Å². The Hall–Kier alpha value is -3.34. The number of nitrogens with two attached hydrogens (primary N) is 1. The van der Waals surface area contributed by atoms with Crippen molar-refractivity contribution in [3.63, 3.8) is 0 Å². The Kier molecular flexibility index (Phi) is 6.98. The van der Waals surface area contributed by atoms with Crippen molar-refractivity contribution >= 4 is 44.2 Å². The van der Waals surface area contributed by atoms with Gasteiger partial charge in [0.25, 0.3) is 10.0 Å². The maximum absolute atomic E-state index is 15.0. The summed E-state index contributed by atoms with van der Waals surface area (Å²) in [5.41, 5.74) is 6.47. The minimum atomic E-state index is -4.22. The van der Waals surface area contributed by atoms with Gasteiger partial charge in [0, 0.05) is 35.3 Å². The van der Waals surface area contributed by atoms with Crippen molar-refractivity contribution in [2.45, 2.75) is 42.7 Å². The van der Waals surface area contributed by atoms with Crippen molar-refractivity contribution < 1.29 is 17.2 Å². The van der Waals surface area contributed by atoms with Crippen molar-refractivity contribution in [2.24, 2.45) is 5.73 Å². The van der Waals surface area contributed by atoms with E-state index in [-0.39, 0.29) is 27.6 Å². The molecule has 1 aliphatic carbocycles. The van der Waals surface area contributed by atoms with Crippen molar-refractivity contribution in [3.05, 3.63) is 77.5 Å². The molecule has 1 heterocycles. The van der Waals surface area contributed by atoms with E-state index < -0.39 is 27.3 Å². The van der Waals surface area contributed by atoms with Crippen LogP contribution in [0.3, 0.4) is 0 Å². The summed E-state index contributed by atoms with van der Waals surface area (Å²) in [6.45, 7) is 0. The van der Waals surface area contributed by atoms with E-state index in [9.17, 15) is 12.8 Å². The normalized spacial score (nSPS) is 18.1. The standard InChI is InChI=1S/C26H24ClF2N5O2S/c27-20-3-1-2-4-25(20)37(35,36)34-24-13-21(28)19(12-22(24)29)15-5-10-23-16(11-15)14-31-26(33-23)32-18-8-6-17(30)7-9-18/h1-5,10-14,17-18,34H,6-9,30H2,(H,31,32,33). The van der Waals surface area contributed by atoms with Gasteiger partial charge in [-0.3, -0.25) is 4.72 Å². The fraction of sp³-hybridized carbons (Fsp3) is 0.231. The number of hydrogen-bond acceptors (Lipinski definition) is 6. The molecule has 0 bridgehead atoms. The van der Waals surface area contributed by atoms with Crippen LogP contribution in [-0.4, -0.2) is 30.5 Å². The zero-order valence-corrected chi connectivity index (χ0v) is 21.2. The topological polar surface area (TPSA) is 110 Å². The Balaban J connectivity index is 1.38. The van der Waals surface area contributed by atoms with Gasteiger partial charge in [-0.2, -0.15) is 0 Å². The van der Waals surface area contributed by atoms with Crippen LogP contribution in [-0.2, 0) is 10.0 Å². The first-order valence-corrected chi connectivity index (χ1v) is 13.6. The molecule has 0 spiro atoms. The van der Waals surface area contributed by atoms with Crippen LogP contribution in [0.25, 0.3) is 22.0 Å². The quantitative estimate of drug-likeness (QED) is 0.287. The Morgan fingerprint density at radius 3 is 2.49 bits per heavy atom. The highest BCUT2D eigenvalue weighted by atomic mass is 35.5. The van der Waals surface area contributed by atoms with Crippen LogP contribution < -0.4 is 15.8 Å². The van der Waals surface area contributed by atoms with E-state index in [0.717, 1.165) is 37.8 Å². The van der Waals surface area contributed by atoms with Gasteiger partial charge in [0.15, 0.2) is 0 Å². The number of hydrogen-bond donors (Lipinski definition) is 3. The smallest absolute Gasteiger partial charge is 0.263 e. The lowest BCUT2D eigenvalue weighted by molar-refractivity contribution is 0.410. The second-order valence-corrected chi connectivity index (χ2v) is 11.1. The van der Waals surface area contributed by atoms with E-state index >= 15 is 4.39 Å². The highest BCUT2D eigenvalue weighted by Gasteiger charge is 2.22. The first-order valence-electron chi connectivity index (χ1n) is 11.8. The van der Waals surface area contributed by atoms with Gasteiger partial charge in [-0.25, -0.2) is 27.2 Å². The Morgan fingerprint density at radius 2 is 1.73 bits per heavy atom. The minimum Gasteiger partial charge on any atom is -0.351 e. The predicted octanol–water partition coefficient (Wildman–Crippen LogP) is 5.71. The van der Waals surface area contributed by atoms with E-state index in [1.54, 1.807) is 30.5 Å². The summed E-state index contributed by atoms with van der Waals surface area (Å²) in [7, 11) is -4.22. The van der Waals surface area contributed by atoms with Gasteiger partial charge >= 0.3 is 0 Å².